The van der Waals surface area contributed by atoms with Gasteiger partial charge in [0, 0.05) is 6.04 Å². The van der Waals surface area contributed by atoms with Gasteiger partial charge < -0.3 is 14.8 Å². The maximum absolute atomic E-state index is 10.7. The third kappa shape index (κ3) is 1.98. The standard InChI is InChI=1S/C13H18N2O3/c1-7(10-5-8-2-3-9(10)4-8)14-13-15-11(6-18-13)12(16)17/h6-10H,2-5H2,1H3,(H,14,15)(H,16,17). The van der Waals surface area contributed by atoms with Gasteiger partial charge in [-0.15, -0.1) is 0 Å². The van der Waals surface area contributed by atoms with Gasteiger partial charge in [-0.3, -0.25) is 0 Å². The Hall–Kier alpha value is -1.52. The highest BCUT2D eigenvalue weighted by molar-refractivity contribution is 5.85. The van der Waals surface area contributed by atoms with Crippen LogP contribution < -0.4 is 5.32 Å². The lowest BCUT2D eigenvalue weighted by Crippen LogP contribution is -2.30. The number of hydrogen-bond acceptors (Lipinski definition) is 4. The van der Waals surface area contributed by atoms with E-state index in [-0.39, 0.29) is 5.69 Å². The molecular weight excluding hydrogens is 232 g/mol. The van der Waals surface area contributed by atoms with Crippen LogP contribution in [0.2, 0.25) is 0 Å². The van der Waals surface area contributed by atoms with E-state index >= 15 is 0 Å². The van der Waals surface area contributed by atoms with Gasteiger partial charge in [0.1, 0.15) is 6.26 Å². The minimum atomic E-state index is -1.06. The van der Waals surface area contributed by atoms with Gasteiger partial charge in [0.15, 0.2) is 5.69 Å². The van der Waals surface area contributed by atoms with Gasteiger partial charge in [0.25, 0.3) is 6.01 Å². The minimum Gasteiger partial charge on any atom is -0.476 e. The zero-order valence-corrected chi connectivity index (χ0v) is 10.4. The van der Waals surface area contributed by atoms with Crippen LogP contribution in [0.5, 0.6) is 0 Å². The smallest absolute Gasteiger partial charge is 0.357 e. The fourth-order valence-electron chi connectivity index (χ4n) is 3.65. The molecule has 5 heteroatoms. The van der Waals surface area contributed by atoms with Crippen molar-refractivity contribution in [1.82, 2.24) is 4.98 Å². The largest absolute Gasteiger partial charge is 0.476 e. The van der Waals surface area contributed by atoms with Crippen molar-refractivity contribution in [3.63, 3.8) is 0 Å². The Kier molecular flexibility index (Phi) is 2.76. The number of carboxylic acids is 1. The Balaban J connectivity index is 1.63. The lowest BCUT2D eigenvalue weighted by molar-refractivity contribution is 0.0690. The predicted octanol–water partition coefficient (Wildman–Crippen LogP) is 2.61. The molecule has 2 bridgehead atoms. The van der Waals surface area contributed by atoms with Gasteiger partial charge in [-0.2, -0.15) is 4.98 Å². The number of fused-ring (bicyclic) bond motifs is 2. The highest BCUT2D eigenvalue weighted by Crippen LogP contribution is 2.49. The normalized spacial score (nSPS) is 31.5. The number of aromatic carboxylic acids is 1. The average Bonchev–Trinajstić information content (AvgIpc) is 3.03. The summed E-state index contributed by atoms with van der Waals surface area (Å²) in [5, 5.41) is 12.0. The van der Waals surface area contributed by atoms with E-state index in [1.165, 1.54) is 31.9 Å². The molecular formula is C13H18N2O3. The Morgan fingerprint density at radius 1 is 1.56 bits per heavy atom. The van der Waals surface area contributed by atoms with Gasteiger partial charge >= 0.3 is 5.97 Å². The summed E-state index contributed by atoms with van der Waals surface area (Å²) in [6, 6.07) is 0.614. The van der Waals surface area contributed by atoms with Crippen LogP contribution in [-0.4, -0.2) is 22.1 Å². The molecule has 0 spiro atoms. The van der Waals surface area contributed by atoms with Crippen molar-refractivity contribution in [3.05, 3.63) is 12.0 Å². The molecule has 0 amide bonds. The van der Waals surface area contributed by atoms with Crippen molar-refractivity contribution in [2.24, 2.45) is 17.8 Å². The van der Waals surface area contributed by atoms with Crippen LogP contribution >= 0.6 is 0 Å². The van der Waals surface area contributed by atoms with E-state index in [1.54, 1.807) is 0 Å². The molecule has 0 saturated heterocycles. The van der Waals surface area contributed by atoms with E-state index in [9.17, 15) is 4.79 Å². The number of anilines is 1. The fourth-order valence-corrected chi connectivity index (χ4v) is 3.65. The highest BCUT2D eigenvalue weighted by Gasteiger charge is 2.42. The van der Waals surface area contributed by atoms with E-state index < -0.39 is 5.97 Å². The Morgan fingerprint density at radius 2 is 2.39 bits per heavy atom. The number of rotatable bonds is 4. The van der Waals surface area contributed by atoms with Crippen LogP contribution in [-0.2, 0) is 0 Å². The SMILES string of the molecule is CC(Nc1nc(C(=O)O)co1)C1CC2CCC1C2. The summed E-state index contributed by atoms with van der Waals surface area (Å²) >= 11 is 0. The van der Waals surface area contributed by atoms with Crippen molar-refractivity contribution < 1.29 is 14.3 Å². The minimum absolute atomic E-state index is 0.0438. The van der Waals surface area contributed by atoms with Crippen LogP contribution in [0.3, 0.4) is 0 Å². The first-order valence-corrected chi connectivity index (χ1v) is 6.59. The summed E-state index contributed by atoms with van der Waals surface area (Å²) in [6.45, 7) is 2.13. The molecule has 18 heavy (non-hydrogen) atoms. The van der Waals surface area contributed by atoms with Gasteiger partial charge in [-0.25, -0.2) is 4.79 Å². The van der Waals surface area contributed by atoms with Gasteiger partial charge in [0.2, 0.25) is 0 Å². The van der Waals surface area contributed by atoms with Crippen LogP contribution in [0.4, 0.5) is 6.01 Å². The average molecular weight is 250 g/mol. The predicted molar refractivity (Wildman–Crippen MR) is 65.5 cm³/mol. The molecule has 4 unspecified atom stereocenters. The maximum atomic E-state index is 10.7. The summed E-state index contributed by atoms with van der Waals surface area (Å²) in [6.07, 6.45) is 6.55. The van der Waals surface area contributed by atoms with E-state index in [0.717, 1.165) is 11.8 Å². The second kappa shape index (κ2) is 4.30. The maximum Gasteiger partial charge on any atom is 0.357 e. The van der Waals surface area contributed by atoms with Crippen molar-refractivity contribution in [3.8, 4) is 0 Å². The van der Waals surface area contributed by atoms with E-state index in [4.69, 9.17) is 9.52 Å². The summed E-state index contributed by atoms with van der Waals surface area (Å²) in [5.41, 5.74) is -0.0438. The lowest BCUT2D eigenvalue weighted by Gasteiger charge is -2.27. The fraction of sp³-hybridized carbons (Fsp3) is 0.692. The summed E-state index contributed by atoms with van der Waals surface area (Å²) in [7, 11) is 0. The molecule has 3 rings (SSSR count). The molecule has 0 aromatic carbocycles. The van der Waals surface area contributed by atoms with E-state index in [2.05, 4.69) is 17.2 Å². The molecule has 2 aliphatic carbocycles. The number of nitrogens with one attached hydrogen (secondary N) is 1. The molecule has 2 saturated carbocycles. The van der Waals surface area contributed by atoms with Gasteiger partial charge in [0.05, 0.1) is 0 Å². The molecule has 0 radical (unpaired) electrons. The number of oxazole rings is 1. The molecule has 4 atom stereocenters. The molecule has 0 aliphatic heterocycles. The molecule has 2 N–H and O–H groups in total. The Labute approximate surface area is 106 Å². The van der Waals surface area contributed by atoms with Crippen molar-refractivity contribution in [2.45, 2.75) is 38.6 Å². The van der Waals surface area contributed by atoms with Crippen molar-refractivity contribution >= 4 is 12.0 Å². The number of carboxylic acid groups (broad SMARTS) is 1. The molecule has 2 aliphatic rings. The molecule has 1 aromatic heterocycles. The molecule has 1 heterocycles. The number of nitrogens with zero attached hydrogens (tertiary/aromatic N) is 1. The summed E-state index contributed by atoms with van der Waals surface area (Å²) in [5.74, 6) is 1.35. The van der Waals surface area contributed by atoms with Gasteiger partial charge in [-0.05, 0) is 43.9 Å². The molecule has 98 valence electrons. The summed E-state index contributed by atoms with van der Waals surface area (Å²) in [4.78, 5) is 14.6. The number of hydrogen-bond donors (Lipinski definition) is 2. The first kappa shape index (κ1) is 11.6. The topological polar surface area (TPSA) is 75.4 Å². The van der Waals surface area contributed by atoms with Crippen LogP contribution in [0.1, 0.15) is 43.1 Å². The van der Waals surface area contributed by atoms with E-state index in [0.29, 0.717) is 18.0 Å². The lowest BCUT2D eigenvalue weighted by atomic mass is 9.84. The Morgan fingerprint density at radius 3 is 2.94 bits per heavy atom. The Bertz CT molecular complexity index is 457. The quantitative estimate of drug-likeness (QED) is 0.859. The van der Waals surface area contributed by atoms with Crippen LogP contribution in [0, 0.1) is 17.8 Å². The first-order chi connectivity index (χ1) is 8.63. The molecule has 2 fully saturated rings. The first-order valence-electron chi connectivity index (χ1n) is 6.59. The molecule has 1 aromatic rings. The zero-order chi connectivity index (χ0) is 12.7. The molecule has 5 nitrogen and oxygen atoms in total. The second-order valence-electron chi connectivity index (χ2n) is 5.61. The monoisotopic (exact) mass is 250 g/mol. The number of aromatic nitrogens is 1. The highest BCUT2D eigenvalue weighted by atomic mass is 16.4. The van der Waals surface area contributed by atoms with Crippen molar-refractivity contribution in [2.75, 3.05) is 5.32 Å². The van der Waals surface area contributed by atoms with Crippen molar-refractivity contribution in [1.29, 1.82) is 0 Å². The van der Waals surface area contributed by atoms with Crippen LogP contribution in [0.15, 0.2) is 10.7 Å². The third-order valence-electron chi connectivity index (χ3n) is 4.51. The summed E-state index contributed by atoms with van der Waals surface area (Å²) < 4.78 is 5.13. The third-order valence-corrected chi connectivity index (χ3v) is 4.51. The second-order valence-corrected chi connectivity index (χ2v) is 5.61. The van der Waals surface area contributed by atoms with Crippen LogP contribution in [0.25, 0.3) is 0 Å². The number of carbonyl (C=O) groups is 1. The van der Waals surface area contributed by atoms with Gasteiger partial charge in [-0.1, -0.05) is 6.42 Å². The van der Waals surface area contributed by atoms with E-state index in [1.807, 2.05) is 0 Å². The zero-order valence-electron chi connectivity index (χ0n) is 10.4.